The molecule has 0 fully saturated rings. The average Bonchev–Trinajstić information content (AvgIpc) is 2.66. The maximum Gasteiger partial charge on any atom is 0.270 e. The zero-order valence-electron chi connectivity index (χ0n) is 14.5. The van der Waals surface area contributed by atoms with Crippen LogP contribution in [-0.4, -0.2) is 30.0 Å². The molecule has 2 aromatic carbocycles. The molecular weight excluding hydrogens is 356 g/mol. The number of ether oxygens (including phenoxy) is 2. The standard InChI is InChI=1S/C17H18N4O4S/c1-11(12-5-4-6-14(9-12)21(22)23)19-20-17(26)18-13-7-8-15(24-2)16(10-13)25-3/h4-10H,1-3H3,(H2,18,20,26). The van der Waals surface area contributed by atoms with Crippen molar-refractivity contribution in [3.8, 4) is 11.5 Å². The summed E-state index contributed by atoms with van der Waals surface area (Å²) in [6, 6.07) is 11.5. The van der Waals surface area contributed by atoms with Gasteiger partial charge in [-0.25, -0.2) is 0 Å². The summed E-state index contributed by atoms with van der Waals surface area (Å²) >= 11 is 5.20. The van der Waals surface area contributed by atoms with Crippen molar-refractivity contribution in [2.45, 2.75) is 6.92 Å². The summed E-state index contributed by atoms with van der Waals surface area (Å²) in [6.45, 7) is 1.73. The largest absolute Gasteiger partial charge is 0.493 e. The van der Waals surface area contributed by atoms with E-state index in [1.165, 1.54) is 12.1 Å². The van der Waals surface area contributed by atoms with Gasteiger partial charge in [0.25, 0.3) is 5.69 Å². The first kappa shape index (κ1) is 19.1. The van der Waals surface area contributed by atoms with Crippen LogP contribution in [0.15, 0.2) is 47.6 Å². The number of nitrogens with zero attached hydrogens (tertiary/aromatic N) is 2. The minimum absolute atomic E-state index is 0.00285. The Kier molecular flexibility index (Phi) is 6.45. The van der Waals surface area contributed by atoms with Gasteiger partial charge in [-0.2, -0.15) is 5.10 Å². The monoisotopic (exact) mass is 374 g/mol. The van der Waals surface area contributed by atoms with E-state index in [4.69, 9.17) is 21.7 Å². The van der Waals surface area contributed by atoms with E-state index >= 15 is 0 Å². The van der Waals surface area contributed by atoms with Gasteiger partial charge in [-0.1, -0.05) is 12.1 Å². The van der Waals surface area contributed by atoms with Gasteiger partial charge in [0.2, 0.25) is 0 Å². The molecular formula is C17H18N4O4S. The molecule has 8 nitrogen and oxygen atoms in total. The van der Waals surface area contributed by atoms with Crippen LogP contribution in [-0.2, 0) is 0 Å². The number of hydrazone groups is 1. The summed E-state index contributed by atoms with van der Waals surface area (Å²) in [5, 5.41) is 18.2. The highest BCUT2D eigenvalue weighted by Gasteiger charge is 2.08. The second-order valence-corrected chi connectivity index (χ2v) is 5.55. The zero-order valence-corrected chi connectivity index (χ0v) is 15.3. The molecule has 9 heteroatoms. The maximum atomic E-state index is 10.8. The molecule has 0 amide bonds. The molecule has 2 rings (SSSR count). The van der Waals surface area contributed by atoms with Crippen molar-refractivity contribution in [1.82, 2.24) is 5.43 Å². The molecule has 0 aromatic heterocycles. The topological polar surface area (TPSA) is 98.0 Å². The van der Waals surface area contributed by atoms with E-state index in [-0.39, 0.29) is 10.8 Å². The number of rotatable bonds is 6. The fourth-order valence-electron chi connectivity index (χ4n) is 2.12. The maximum absolute atomic E-state index is 10.8. The van der Waals surface area contributed by atoms with Gasteiger partial charge in [0.05, 0.1) is 24.9 Å². The van der Waals surface area contributed by atoms with Crippen molar-refractivity contribution >= 4 is 34.4 Å². The van der Waals surface area contributed by atoms with E-state index in [2.05, 4.69) is 15.8 Å². The minimum Gasteiger partial charge on any atom is -0.493 e. The molecule has 0 unspecified atom stereocenters. The van der Waals surface area contributed by atoms with Crippen LogP contribution in [0.1, 0.15) is 12.5 Å². The quantitative estimate of drug-likeness (QED) is 0.346. The lowest BCUT2D eigenvalue weighted by Crippen LogP contribution is -2.25. The predicted octanol–water partition coefficient (Wildman–Crippen LogP) is 3.32. The van der Waals surface area contributed by atoms with Crippen LogP contribution in [0.2, 0.25) is 0 Å². The molecule has 26 heavy (non-hydrogen) atoms. The Morgan fingerprint density at radius 2 is 1.88 bits per heavy atom. The molecule has 0 aliphatic carbocycles. The molecule has 0 atom stereocenters. The van der Waals surface area contributed by atoms with Gasteiger partial charge < -0.3 is 14.8 Å². The summed E-state index contributed by atoms with van der Waals surface area (Å²) in [5.41, 5.74) is 4.60. The summed E-state index contributed by atoms with van der Waals surface area (Å²) in [6.07, 6.45) is 0. The number of hydrogen-bond acceptors (Lipinski definition) is 6. The molecule has 0 spiro atoms. The number of nitro benzene ring substituents is 1. The summed E-state index contributed by atoms with van der Waals surface area (Å²) < 4.78 is 10.4. The van der Waals surface area contributed by atoms with Gasteiger partial charge in [-0.3, -0.25) is 15.5 Å². The van der Waals surface area contributed by atoms with E-state index in [9.17, 15) is 10.1 Å². The third-order valence-electron chi connectivity index (χ3n) is 3.44. The molecule has 0 aliphatic heterocycles. The van der Waals surface area contributed by atoms with Crippen LogP contribution in [0.5, 0.6) is 11.5 Å². The van der Waals surface area contributed by atoms with Gasteiger partial charge >= 0.3 is 0 Å². The van der Waals surface area contributed by atoms with Crippen molar-refractivity contribution in [1.29, 1.82) is 0 Å². The number of non-ortho nitro benzene ring substituents is 1. The highest BCUT2D eigenvalue weighted by atomic mass is 32.1. The Morgan fingerprint density at radius 1 is 1.15 bits per heavy atom. The first-order valence-corrected chi connectivity index (χ1v) is 7.93. The summed E-state index contributed by atoms with van der Waals surface area (Å²) in [7, 11) is 3.10. The number of nitro groups is 1. The van der Waals surface area contributed by atoms with E-state index in [1.807, 2.05) is 0 Å². The highest BCUT2D eigenvalue weighted by Crippen LogP contribution is 2.29. The van der Waals surface area contributed by atoms with Crippen LogP contribution in [0, 0.1) is 10.1 Å². The Morgan fingerprint density at radius 3 is 2.54 bits per heavy atom. The molecule has 2 aromatic rings. The second-order valence-electron chi connectivity index (χ2n) is 5.14. The van der Waals surface area contributed by atoms with Gasteiger partial charge in [0.15, 0.2) is 16.6 Å². The van der Waals surface area contributed by atoms with E-state index < -0.39 is 4.92 Å². The molecule has 0 heterocycles. The van der Waals surface area contributed by atoms with Gasteiger partial charge in [0, 0.05) is 29.4 Å². The summed E-state index contributed by atoms with van der Waals surface area (Å²) in [5.74, 6) is 1.17. The van der Waals surface area contributed by atoms with Crippen LogP contribution in [0.25, 0.3) is 0 Å². The number of methoxy groups -OCH3 is 2. The van der Waals surface area contributed by atoms with E-state index in [1.54, 1.807) is 51.5 Å². The van der Waals surface area contributed by atoms with Crippen molar-refractivity contribution in [3.05, 3.63) is 58.1 Å². The van der Waals surface area contributed by atoms with Crippen molar-refractivity contribution in [2.75, 3.05) is 19.5 Å². The first-order chi connectivity index (χ1) is 12.4. The van der Waals surface area contributed by atoms with Gasteiger partial charge in [-0.05, 0) is 31.3 Å². The third-order valence-corrected chi connectivity index (χ3v) is 3.63. The second kappa shape index (κ2) is 8.77. The number of anilines is 1. The first-order valence-electron chi connectivity index (χ1n) is 7.52. The average molecular weight is 374 g/mol. The molecule has 136 valence electrons. The van der Waals surface area contributed by atoms with Crippen LogP contribution in [0.3, 0.4) is 0 Å². The van der Waals surface area contributed by atoms with Gasteiger partial charge in [-0.15, -0.1) is 0 Å². The lowest BCUT2D eigenvalue weighted by Gasteiger charge is -2.11. The van der Waals surface area contributed by atoms with Crippen LogP contribution in [0.4, 0.5) is 11.4 Å². The lowest BCUT2D eigenvalue weighted by molar-refractivity contribution is -0.384. The normalized spacial score (nSPS) is 10.8. The van der Waals surface area contributed by atoms with Gasteiger partial charge in [0.1, 0.15) is 0 Å². The van der Waals surface area contributed by atoms with E-state index in [0.717, 1.165) is 0 Å². The molecule has 2 N–H and O–H groups in total. The van der Waals surface area contributed by atoms with Crippen LogP contribution >= 0.6 is 12.2 Å². The predicted molar refractivity (Wildman–Crippen MR) is 104 cm³/mol. The zero-order chi connectivity index (χ0) is 19.1. The SMILES string of the molecule is COc1ccc(NC(=S)NN=C(C)c2cccc([N+](=O)[O-])c2)cc1OC. The number of nitrogens with one attached hydrogen (secondary N) is 2. The minimum atomic E-state index is -0.451. The van der Waals surface area contributed by atoms with E-state index in [0.29, 0.717) is 28.5 Å². The summed E-state index contributed by atoms with van der Waals surface area (Å²) in [4.78, 5) is 10.4. The van der Waals surface area contributed by atoms with Crippen molar-refractivity contribution < 1.29 is 14.4 Å². The fourth-order valence-corrected chi connectivity index (χ4v) is 2.28. The van der Waals surface area contributed by atoms with Crippen LogP contribution < -0.4 is 20.2 Å². The Bertz CT molecular complexity index is 854. The Balaban J connectivity index is 2.04. The number of benzene rings is 2. The van der Waals surface area contributed by atoms with Crippen molar-refractivity contribution in [3.63, 3.8) is 0 Å². The molecule has 0 bridgehead atoms. The molecule has 0 saturated heterocycles. The Labute approximate surface area is 156 Å². The fraction of sp³-hybridized carbons (Fsp3) is 0.176. The number of thiocarbonyl (C=S) groups is 1. The Hall–Kier alpha value is -3.20. The number of hydrogen-bond donors (Lipinski definition) is 2. The smallest absolute Gasteiger partial charge is 0.270 e. The van der Waals surface area contributed by atoms with Crippen molar-refractivity contribution in [2.24, 2.45) is 5.10 Å². The molecule has 0 saturated carbocycles. The molecule has 0 aliphatic rings. The third kappa shape index (κ3) is 4.90. The molecule has 0 radical (unpaired) electrons. The highest BCUT2D eigenvalue weighted by molar-refractivity contribution is 7.80. The lowest BCUT2D eigenvalue weighted by atomic mass is 10.1.